The molecule has 8 nitrogen and oxygen atoms in total. The van der Waals surface area contributed by atoms with Gasteiger partial charge in [0.15, 0.2) is 0 Å². The smallest absolute Gasteiger partial charge is 0.273 e. The van der Waals surface area contributed by atoms with E-state index in [9.17, 15) is 9.59 Å². The van der Waals surface area contributed by atoms with Crippen LogP contribution < -0.4 is 0 Å². The first-order chi connectivity index (χ1) is 16.3. The van der Waals surface area contributed by atoms with E-state index in [-0.39, 0.29) is 23.9 Å². The highest BCUT2D eigenvalue weighted by atomic mass is 35.5. The summed E-state index contributed by atoms with van der Waals surface area (Å²) in [6, 6.07) is 4.58. The fraction of sp³-hybridized carbons (Fsp3) is 0.375. The molecule has 0 bridgehead atoms. The number of halogens is 2. The Hall–Kier alpha value is -2.97. The van der Waals surface area contributed by atoms with E-state index in [0.717, 1.165) is 22.6 Å². The molecular formula is C24H24Cl2N6O2. The van der Waals surface area contributed by atoms with Gasteiger partial charge < -0.3 is 9.80 Å². The van der Waals surface area contributed by atoms with Crippen molar-refractivity contribution < 1.29 is 9.59 Å². The molecule has 0 saturated heterocycles. The third kappa shape index (κ3) is 3.75. The van der Waals surface area contributed by atoms with E-state index in [4.69, 9.17) is 28.3 Å². The SMILES string of the molecule is Cc1nccnc1C(C)N1CCn2nc3c(c2C1=O)CN(C(=O)c1ccc(Cl)c(Cl)c1)[C@H](C)C3. The van der Waals surface area contributed by atoms with E-state index in [1.165, 1.54) is 0 Å². The summed E-state index contributed by atoms with van der Waals surface area (Å²) < 4.78 is 1.79. The molecule has 4 heterocycles. The van der Waals surface area contributed by atoms with Crippen LogP contribution in [0, 0.1) is 6.92 Å². The molecule has 0 spiro atoms. The maximum atomic E-state index is 13.7. The minimum atomic E-state index is -0.225. The van der Waals surface area contributed by atoms with E-state index in [2.05, 4.69) is 9.97 Å². The molecule has 0 saturated carbocycles. The molecule has 3 aromatic rings. The second kappa shape index (κ2) is 8.67. The Kier molecular flexibility index (Phi) is 5.81. The van der Waals surface area contributed by atoms with Crippen molar-refractivity contribution >= 4 is 35.0 Å². The summed E-state index contributed by atoms with van der Waals surface area (Å²) in [6.45, 7) is 7.29. The van der Waals surface area contributed by atoms with Gasteiger partial charge in [0.25, 0.3) is 11.8 Å². The Morgan fingerprint density at radius 1 is 1.15 bits per heavy atom. The molecule has 0 aliphatic carbocycles. The summed E-state index contributed by atoms with van der Waals surface area (Å²) in [4.78, 5) is 39.4. The number of aryl methyl sites for hydroxylation is 1. The van der Waals surface area contributed by atoms with E-state index in [1.54, 1.807) is 40.2 Å². The molecule has 1 aromatic carbocycles. The summed E-state index contributed by atoms with van der Waals surface area (Å²) in [6.07, 6.45) is 3.87. The number of rotatable bonds is 3. The maximum absolute atomic E-state index is 13.7. The zero-order valence-electron chi connectivity index (χ0n) is 19.1. The van der Waals surface area contributed by atoms with Crippen LogP contribution in [0.1, 0.15) is 63.4 Å². The van der Waals surface area contributed by atoms with Gasteiger partial charge in [-0.05, 0) is 39.0 Å². The van der Waals surface area contributed by atoms with Crippen molar-refractivity contribution in [1.29, 1.82) is 0 Å². The Labute approximate surface area is 207 Å². The van der Waals surface area contributed by atoms with Crippen LogP contribution in [0.5, 0.6) is 0 Å². The Balaban J connectivity index is 1.46. The van der Waals surface area contributed by atoms with Gasteiger partial charge in [-0.2, -0.15) is 5.10 Å². The normalized spacial score (nSPS) is 18.5. The van der Waals surface area contributed by atoms with E-state index in [0.29, 0.717) is 47.4 Å². The van der Waals surface area contributed by atoms with Gasteiger partial charge in [-0.1, -0.05) is 23.2 Å². The number of nitrogens with zero attached hydrogens (tertiary/aromatic N) is 6. The molecule has 5 rings (SSSR count). The average molecular weight is 499 g/mol. The number of carbonyl (C=O) groups is 2. The number of hydrogen-bond donors (Lipinski definition) is 0. The van der Waals surface area contributed by atoms with Crippen molar-refractivity contribution in [3.05, 3.63) is 74.5 Å². The summed E-state index contributed by atoms with van der Waals surface area (Å²) in [5.41, 5.74) is 4.28. The van der Waals surface area contributed by atoms with E-state index < -0.39 is 0 Å². The molecule has 2 atom stereocenters. The standard InChI is InChI=1S/C24H24Cl2N6O2/c1-13-10-20-17(12-31(13)23(33)16-4-5-18(25)19(26)11-16)22-24(34)30(8-9-32(22)29-20)15(3)21-14(2)27-6-7-28-21/h4-7,11,13,15H,8-10,12H2,1-3H3/t13-,15?/m1/s1. The molecular weight excluding hydrogens is 475 g/mol. The highest BCUT2D eigenvalue weighted by Crippen LogP contribution is 2.33. The molecule has 1 unspecified atom stereocenters. The average Bonchev–Trinajstić information content (AvgIpc) is 3.18. The van der Waals surface area contributed by atoms with E-state index in [1.807, 2.05) is 25.7 Å². The van der Waals surface area contributed by atoms with Crippen LogP contribution in [0.15, 0.2) is 30.6 Å². The minimum Gasteiger partial charge on any atom is -0.331 e. The van der Waals surface area contributed by atoms with Crippen molar-refractivity contribution in [1.82, 2.24) is 29.5 Å². The molecule has 0 N–H and O–H groups in total. The van der Waals surface area contributed by atoms with Crippen LogP contribution in [0.4, 0.5) is 0 Å². The van der Waals surface area contributed by atoms with Crippen LogP contribution >= 0.6 is 23.2 Å². The lowest BCUT2D eigenvalue weighted by molar-refractivity contribution is 0.0601. The zero-order chi connectivity index (χ0) is 24.1. The third-order valence-corrected chi connectivity index (χ3v) is 7.45. The van der Waals surface area contributed by atoms with Crippen LogP contribution in [-0.4, -0.2) is 53.9 Å². The number of aromatic nitrogens is 4. The van der Waals surface area contributed by atoms with Gasteiger partial charge >= 0.3 is 0 Å². The topological polar surface area (TPSA) is 84.2 Å². The molecule has 2 amide bonds. The fourth-order valence-electron chi connectivity index (χ4n) is 4.85. The van der Waals surface area contributed by atoms with Crippen LogP contribution in [0.25, 0.3) is 0 Å². The monoisotopic (exact) mass is 498 g/mol. The summed E-state index contributed by atoms with van der Waals surface area (Å²) in [5, 5.41) is 5.47. The van der Waals surface area contributed by atoms with Gasteiger partial charge in [0.1, 0.15) is 5.69 Å². The molecule has 10 heteroatoms. The van der Waals surface area contributed by atoms with Crippen LogP contribution in [-0.2, 0) is 19.5 Å². The summed E-state index contributed by atoms with van der Waals surface area (Å²) in [7, 11) is 0. The van der Waals surface area contributed by atoms with Gasteiger partial charge in [0, 0.05) is 42.5 Å². The third-order valence-electron chi connectivity index (χ3n) is 6.71. The van der Waals surface area contributed by atoms with Crippen molar-refractivity contribution in [2.75, 3.05) is 6.54 Å². The second-order valence-electron chi connectivity index (χ2n) is 8.81. The Bertz CT molecular complexity index is 1310. The van der Waals surface area contributed by atoms with Crippen molar-refractivity contribution in [3.8, 4) is 0 Å². The lowest BCUT2D eigenvalue weighted by Gasteiger charge is -2.35. The van der Waals surface area contributed by atoms with Crippen molar-refractivity contribution in [2.45, 2.75) is 52.4 Å². The highest BCUT2D eigenvalue weighted by molar-refractivity contribution is 6.42. The first kappa shape index (κ1) is 22.8. The van der Waals surface area contributed by atoms with Gasteiger partial charge in [0.2, 0.25) is 0 Å². The zero-order valence-corrected chi connectivity index (χ0v) is 20.6. The van der Waals surface area contributed by atoms with Gasteiger partial charge in [-0.15, -0.1) is 0 Å². The van der Waals surface area contributed by atoms with Crippen LogP contribution in [0.2, 0.25) is 10.0 Å². The molecule has 2 aliphatic heterocycles. The number of hydrogen-bond acceptors (Lipinski definition) is 5. The van der Waals surface area contributed by atoms with Crippen LogP contribution in [0.3, 0.4) is 0 Å². The summed E-state index contributed by atoms with van der Waals surface area (Å²) >= 11 is 12.2. The largest absolute Gasteiger partial charge is 0.331 e. The second-order valence-corrected chi connectivity index (χ2v) is 9.63. The van der Waals surface area contributed by atoms with Crippen molar-refractivity contribution in [3.63, 3.8) is 0 Å². The van der Waals surface area contributed by atoms with E-state index >= 15 is 0 Å². The molecule has 34 heavy (non-hydrogen) atoms. The van der Waals surface area contributed by atoms with Gasteiger partial charge in [-0.25, -0.2) is 0 Å². The highest BCUT2D eigenvalue weighted by Gasteiger charge is 2.39. The molecule has 0 fully saturated rings. The lowest BCUT2D eigenvalue weighted by Crippen LogP contribution is -2.45. The predicted octanol–water partition coefficient (Wildman–Crippen LogP) is 4.09. The quantitative estimate of drug-likeness (QED) is 0.542. The minimum absolute atomic E-state index is 0.0706. The number of benzene rings is 1. The van der Waals surface area contributed by atoms with Gasteiger partial charge in [-0.3, -0.25) is 24.2 Å². The maximum Gasteiger partial charge on any atom is 0.273 e. The molecule has 2 aliphatic rings. The fourth-order valence-corrected chi connectivity index (χ4v) is 5.15. The Morgan fingerprint density at radius 3 is 2.65 bits per heavy atom. The molecule has 176 valence electrons. The number of amides is 2. The lowest BCUT2D eigenvalue weighted by atomic mass is 9.97. The molecule has 0 radical (unpaired) electrons. The first-order valence-corrected chi connectivity index (χ1v) is 11.9. The number of carbonyl (C=O) groups excluding carboxylic acids is 2. The Morgan fingerprint density at radius 2 is 1.91 bits per heavy atom. The predicted molar refractivity (Wildman–Crippen MR) is 128 cm³/mol. The number of fused-ring (bicyclic) bond motifs is 3. The first-order valence-electron chi connectivity index (χ1n) is 11.2. The summed E-state index contributed by atoms with van der Waals surface area (Å²) in [5.74, 6) is -0.255. The molecule has 2 aromatic heterocycles. The van der Waals surface area contributed by atoms with Crippen molar-refractivity contribution in [2.24, 2.45) is 0 Å². The van der Waals surface area contributed by atoms with Gasteiger partial charge in [0.05, 0.1) is 46.3 Å².